The van der Waals surface area contributed by atoms with Crippen molar-refractivity contribution in [3.8, 4) is 11.5 Å². The first-order valence-electron chi connectivity index (χ1n) is 7.89. The van der Waals surface area contributed by atoms with Gasteiger partial charge in [-0.25, -0.2) is 4.79 Å². The van der Waals surface area contributed by atoms with Crippen LogP contribution in [0.5, 0.6) is 11.5 Å². The van der Waals surface area contributed by atoms with Crippen LogP contribution in [0, 0.1) is 0 Å². The van der Waals surface area contributed by atoms with E-state index < -0.39 is 5.97 Å². The van der Waals surface area contributed by atoms with Gasteiger partial charge in [-0.1, -0.05) is 18.2 Å². The van der Waals surface area contributed by atoms with Gasteiger partial charge < -0.3 is 19.5 Å². The third-order valence-electron chi connectivity index (χ3n) is 3.73. The van der Waals surface area contributed by atoms with Crippen molar-refractivity contribution in [1.29, 1.82) is 0 Å². The first-order chi connectivity index (χ1) is 12.5. The first-order valence-corrected chi connectivity index (χ1v) is 7.89. The van der Waals surface area contributed by atoms with Crippen LogP contribution >= 0.6 is 0 Å². The number of benzene rings is 2. The molecule has 0 aromatic heterocycles. The number of ether oxygens (including phenoxy) is 3. The summed E-state index contributed by atoms with van der Waals surface area (Å²) in [6, 6.07) is 12.0. The van der Waals surface area contributed by atoms with E-state index in [1.165, 1.54) is 7.11 Å². The molecule has 0 heterocycles. The Morgan fingerprint density at radius 2 is 1.65 bits per heavy atom. The highest BCUT2D eigenvalue weighted by Gasteiger charge is 2.14. The molecule has 0 spiro atoms. The van der Waals surface area contributed by atoms with Crippen LogP contribution in [0.4, 0.5) is 5.69 Å². The molecule has 2 aromatic rings. The lowest BCUT2D eigenvalue weighted by Gasteiger charge is -2.10. The Bertz CT molecular complexity index is 842. The van der Waals surface area contributed by atoms with Crippen LogP contribution < -0.4 is 14.8 Å². The molecule has 0 bridgehead atoms. The second kappa shape index (κ2) is 8.71. The van der Waals surface area contributed by atoms with E-state index in [0.717, 1.165) is 5.56 Å². The van der Waals surface area contributed by atoms with Crippen LogP contribution in [0.1, 0.15) is 22.8 Å². The maximum atomic E-state index is 12.5. The lowest BCUT2D eigenvalue weighted by molar-refractivity contribution is -0.112. The van der Waals surface area contributed by atoms with Crippen LogP contribution in [0.2, 0.25) is 0 Å². The average molecular weight is 355 g/mol. The standard InChI is InChI=1S/C20H21NO5/c1-13(11-14-9-10-17(24-2)18(12-14)25-3)19(22)21-16-8-6-5-7-15(16)20(23)26-4/h5-12H,1-4H3,(H,21,22)/b13-11+. The number of esters is 1. The highest BCUT2D eigenvalue weighted by atomic mass is 16.5. The summed E-state index contributed by atoms with van der Waals surface area (Å²) in [5, 5.41) is 2.73. The average Bonchev–Trinajstić information content (AvgIpc) is 2.67. The summed E-state index contributed by atoms with van der Waals surface area (Å²) in [5.41, 5.74) is 1.94. The summed E-state index contributed by atoms with van der Waals surface area (Å²) >= 11 is 0. The quantitative estimate of drug-likeness (QED) is 0.634. The second-order valence-corrected chi connectivity index (χ2v) is 5.43. The van der Waals surface area contributed by atoms with Gasteiger partial charge in [0, 0.05) is 5.57 Å². The Balaban J connectivity index is 2.23. The van der Waals surface area contributed by atoms with Crippen molar-refractivity contribution in [2.45, 2.75) is 6.92 Å². The molecule has 0 aliphatic rings. The van der Waals surface area contributed by atoms with Gasteiger partial charge in [0.15, 0.2) is 11.5 Å². The number of hydrogen-bond donors (Lipinski definition) is 1. The maximum absolute atomic E-state index is 12.5. The Labute approximate surface area is 152 Å². The predicted molar refractivity (Wildman–Crippen MR) is 99.6 cm³/mol. The Morgan fingerprint density at radius 1 is 0.962 bits per heavy atom. The molecule has 0 atom stereocenters. The summed E-state index contributed by atoms with van der Waals surface area (Å²) < 4.78 is 15.2. The number of amides is 1. The number of carbonyl (C=O) groups is 2. The first kappa shape index (κ1) is 19.1. The zero-order valence-corrected chi connectivity index (χ0v) is 15.2. The molecule has 1 amide bonds. The van der Waals surface area contributed by atoms with Gasteiger partial charge in [0.05, 0.1) is 32.6 Å². The van der Waals surface area contributed by atoms with Gasteiger partial charge >= 0.3 is 5.97 Å². The van der Waals surface area contributed by atoms with E-state index in [1.807, 2.05) is 6.07 Å². The number of hydrogen-bond acceptors (Lipinski definition) is 5. The molecule has 0 saturated carbocycles. The molecule has 1 N–H and O–H groups in total. The van der Waals surface area contributed by atoms with Crippen molar-refractivity contribution in [3.63, 3.8) is 0 Å². The summed E-state index contributed by atoms with van der Waals surface area (Å²) in [4.78, 5) is 24.3. The summed E-state index contributed by atoms with van der Waals surface area (Å²) in [7, 11) is 4.41. The van der Waals surface area contributed by atoms with Gasteiger partial charge in [0.2, 0.25) is 0 Å². The molecule has 136 valence electrons. The molecular weight excluding hydrogens is 334 g/mol. The fraction of sp³-hybridized carbons (Fsp3) is 0.200. The van der Waals surface area contributed by atoms with Crippen molar-refractivity contribution in [2.24, 2.45) is 0 Å². The SMILES string of the molecule is COC(=O)c1ccccc1NC(=O)/C(C)=C/c1ccc(OC)c(OC)c1. The van der Waals surface area contributed by atoms with E-state index in [2.05, 4.69) is 5.32 Å². The highest BCUT2D eigenvalue weighted by molar-refractivity contribution is 6.09. The zero-order valence-electron chi connectivity index (χ0n) is 15.2. The topological polar surface area (TPSA) is 73.9 Å². The van der Waals surface area contributed by atoms with Gasteiger partial charge in [-0.05, 0) is 42.8 Å². The highest BCUT2D eigenvalue weighted by Crippen LogP contribution is 2.28. The Hall–Kier alpha value is -3.28. The van der Waals surface area contributed by atoms with Gasteiger partial charge in [0.1, 0.15) is 0 Å². The van der Waals surface area contributed by atoms with Crippen molar-refractivity contribution in [1.82, 2.24) is 0 Å². The van der Waals surface area contributed by atoms with Crippen molar-refractivity contribution in [3.05, 3.63) is 59.2 Å². The zero-order chi connectivity index (χ0) is 19.1. The monoisotopic (exact) mass is 355 g/mol. The van der Waals surface area contributed by atoms with Gasteiger partial charge in [-0.3, -0.25) is 4.79 Å². The second-order valence-electron chi connectivity index (χ2n) is 5.43. The van der Waals surface area contributed by atoms with Crippen LogP contribution in [-0.2, 0) is 9.53 Å². The molecule has 0 aliphatic carbocycles. The number of anilines is 1. The van der Waals surface area contributed by atoms with E-state index in [-0.39, 0.29) is 5.91 Å². The van der Waals surface area contributed by atoms with Crippen LogP contribution in [-0.4, -0.2) is 33.2 Å². The van der Waals surface area contributed by atoms with Gasteiger partial charge in [-0.2, -0.15) is 0 Å². The van der Waals surface area contributed by atoms with Crippen LogP contribution in [0.3, 0.4) is 0 Å². The number of methoxy groups -OCH3 is 3. The number of para-hydroxylation sites is 1. The van der Waals surface area contributed by atoms with E-state index >= 15 is 0 Å². The molecule has 0 radical (unpaired) electrons. The molecule has 6 heteroatoms. The van der Waals surface area contributed by atoms with E-state index in [1.54, 1.807) is 63.6 Å². The minimum atomic E-state index is -0.512. The molecule has 6 nitrogen and oxygen atoms in total. The van der Waals surface area contributed by atoms with E-state index in [4.69, 9.17) is 14.2 Å². The molecule has 2 rings (SSSR count). The molecule has 0 saturated heterocycles. The predicted octanol–water partition coefficient (Wildman–Crippen LogP) is 3.53. The molecule has 0 fully saturated rings. The van der Waals surface area contributed by atoms with Crippen molar-refractivity contribution >= 4 is 23.6 Å². The van der Waals surface area contributed by atoms with Gasteiger partial charge in [-0.15, -0.1) is 0 Å². The fourth-order valence-electron chi connectivity index (χ4n) is 2.36. The van der Waals surface area contributed by atoms with Gasteiger partial charge in [0.25, 0.3) is 5.91 Å². The minimum Gasteiger partial charge on any atom is -0.493 e. The summed E-state index contributed by atoms with van der Waals surface area (Å²) in [6.45, 7) is 1.69. The number of rotatable bonds is 6. The number of carbonyl (C=O) groups excluding carboxylic acids is 2. The third kappa shape index (κ3) is 4.42. The van der Waals surface area contributed by atoms with Crippen molar-refractivity contribution in [2.75, 3.05) is 26.6 Å². The van der Waals surface area contributed by atoms with Crippen LogP contribution in [0.25, 0.3) is 6.08 Å². The largest absolute Gasteiger partial charge is 0.493 e. The normalized spacial score (nSPS) is 10.8. The van der Waals surface area contributed by atoms with Crippen molar-refractivity contribution < 1.29 is 23.8 Å². The molecule has 26 heavy (non-hydrogen) atoms. The van der Waals surface area contributed by atoms with E-state index in [0.29, 0.717) is 28.3 Å². The van der Waals surface area contributed by atoms with Crippen LogP contribution in [0.15, 0.2) is 48.0 Å². The minimum absolute atomic E-state index is 0.294. The Morgan fingerprint density at radius 3 is 2.31 bits per heavy atom. The van der Waals surface area contributed by atoms with E-state index in [9.17, 15) is 9.59 Å². The molecule has 0 unspecified atom stereocenters. The Kier molecular flexibility index (Phi) is 6.38. The molecule has 2 aromatic carbocycles. The maximum Gasteiger partial charge on any atom is 0.339 e. The fourth-order valence-corrected chi connectivity index (χ4v) is 2.36. The lowest BCUT2D eigenvalue weighted by atomic mass is 10.1. The lowest BCUT2D eigenvalue weighted by Crippen LogP contribution is -2.15. The summed E-state index contributed by atoms with van der Waals surface area (Å²) in [5.74, 6) is 0.350. The third-order valence-corrected chi connectivity index (χ3v) is 3.73. The molecule has 0 aliphatic heterocycles. The molecular formula is C20H21NO5. The summed E-state index contributed by atoms with van der Waals surface area (Å²) in [6.07, 6.45) is 1.72. The smallest absolute Gasteiger partial charge is 0.339 e. The number of nitrogens with one attached hydrogen (secondary N) is 1.